The number of ether oxygens (including phenoxy) is 1. The van der Waals surface area contributed by atoms with Gasteiger partial charge in [0.15, 0.2) is 0 Å². The van der Waals surface area contributed by atoms with Gasteiger partial charge in [0.1, 0.15) is 0 Å². The first kappa shape index (κ1) is 21.0. The highest BCUT2D eigenvalue weighted by Gasteiger charge is 2.25. The summed E-state index contributed by atoms with van der Waals surface area (Å²) in [5.74, 6) is -1.25. The number of aromatic nitrogens is 2. The molecule has 0 bridgehead atoms. The molecule has 7 heteroatoms. The van der Waals surface area contributed by atoms with E-state index < -0.39 is 11.7 Å². The zero-order valence-electron chi connectivity index (χ0n) is 17.8. The summed E-state index contributed by atoms with van der Waals surface area (Å²) < 4.78 is 7.08. The molecule has 1 amide bonds. The third-order valence-electron chi connectivity index (χ3n) is 5.42. The van der Waals surface area contributed by atoms with Crippen LogP contribution in [0.1, 0.15) is 27.3 Å². The molecule has 1 N–H and O–H groups in total. The lowest BCUT2D eigenvalue weighted by atomic mass is 10.1. The minimum Gasteiger partial charge on any atom is -0.379 e. The highest BCUT2D eigenvalue weighted by molar-refractivity contribution is 6.47. The summed E-state index contributed by atoms with van der Waals surface area (Å²) in [6.45, 7) is 7.58. The third kappa shape index (κ3) is 4.73. The molecule has 0 saturated carbocycles. The van der Waals surface area contributed by atoms with Crippen LogP contribution in [0.5, 0.6) is 0 Å². The van der Waals surface area contributed by atoms with Gasteiger partial charge in [0.25, 0.3) is 11.7 Å². The van der Waals surface area contributed by atoms with Crippen molar-refractivity contribution in [1.29, 1.82) is 0 Å². The van der Waals surface area contributed by atoms with E-state index in [-0.39, 0.29) is 0 Å². The number of anilines is 1. The lowest BCUT2D eigenvalue weighted by molar-refractivity contribution is -0.112. The molecule has 1 saturated heterocycles. The van der Waals surface area contributed by atoms with Crippen LogP contribution in [-0.4, -0.2) is 52.7 Å². The number of morpholine rings is 1. The average Bonchev–Trinajstić information content (AvgIpc) is 3.08. The van der Waals surface area contributed by atoms with Gasteiger partial charge in [-0.25, -0.2) is 4.68 Å². The van der Waals surface area contributed by atoms with E-state index in [0.717, 1.165) is 44.1 Å². The monoisotopic (exact) mass is 418 g/mol. The van der Waals surface area contributed by atoms with Crippen LogP contribution in [0.25, 0.3) is 5.69 Å². The molecular formula is C24H26N4O3. The van der Waals surface area contributed by atoms with Gasteiger partial charge in [-0.3, -0.25) is 14.5 Å². The first-order valence-corrected chi connectivity index (χ1v) is 10.4. The topological polar surface area (TPSA) is 76.5 Å². The van der Waals surface area contributed by atoms with Crippen molar-refractivity contribution in [2.24, 2.45) is 0 Å². The van der Waals surface area contributed by atoms with Gasteiger partial charge >= 0.3 is 0 Å². The van der Waals surface area contributed by atoms with E-state index in [1.807, 2.05) is 48.5 Å². The number of benzene rings is 2. The first-order valence-electron chi connectivity index (χ1n) is 10.4. The maximum absolute atomic E-state index is 12.9. The first-order chi connectivity index (χ1) is 15.0. The summed E-state index contributed by atoms with van der Waals surface area (Å²) in [6.07, 6.45) is 0. The maximum Gasteiger partial charge on any atom is 0.296 e. The molecule has 0 unspecified atom stereocenters. The fraction of sp³-hybridized carbons (Fsp3) is 0.292. The Morgan fingerprint density at radius 3 is 2.52 bits per heavy atom. The third-order valence-corrected chi connectivity index (χ3v) is 5.42. The van der Waals surface area contributed by atoms with E-state index in [1.165, 1.54) is 0 Å². The number of para-hydroxylation sites is 1. The van der Waals surface area contributed by atoms with Crippen LogP contribution in [0.3, 0.4) is 0 Å². The van der Waals surface area contributed by atoms with Crippen LogP contribution in [0.4, 0.5) is 5.69 Å². The SMILES string of the molecule is Cc1nn(-c2ccccc2)c(C)c1C(=O)C(=O)Nc1cccc(CN2CCOCC2)c1. The van der Waals surface area contributed by atoms with E-state index >= 15 is 0 Å². The van der Waals surface area contributed by atoms with Gasteiger partial charge in [-0.1, -0.05) is 30.3 Å². The minimum absolute atomic E-state index is 0.339. The molecule has 4 rings (SSSR count). The molecule has 31 heavy (non-hydrogen) atoms. The Labute approximate surface area is 181 Å². The maximum atomic E-state index is 12.9. The van der Waals surface area contributed by atoms with E-state index in [9.17, 15) is 9.59 Å². The van der Waals surface area contributed by atoms with Crippen molar-refractivity contribution >= 4 is 17.4 Å². The predicted molar refractivity (Wildman–Crippen MR) is 119 cm³/mol. The van der Waals surface area contributed by atoms with Crippen molar-refractivity contribution in [3.05, 3.63) is 77.1 Å². The van der Waals surface area contributed by atoms with Crippen LogP contribution in [0, 0.1) is 13.8 Å². The molecule has 1 aromatic heterocycles. The van der Waals surface area contributed by atoms with E-state index in [4.69, 9.17) is 4.74 Å². The van der Waals surface area contributed by atoms with Crippen LogP contribution in [0.15, 0.2) is 54.6 Å². The molecule has 1 fully saturated rings. The lowest BCUT2D eigenvalue weighted by Gasteiger charge is -2.26. The Kier molecular flexibility index (Phi) is 6.25. The molecule has 160 valence electrons. The highest BCUT2D eigenvalue weighted by atomic mass is 16.5. The number of carbonyl (C=O) groups excluding carboxylic acids is 2. The molecule has 2 aromatic carbocycles. The summed E-state index contributed by atoms with van der Waals surface area (Å²) in [7, 11) is 0. The largest absolute Gasteiger partial charge is 0.379 e. The number of carbonyl (C=O) groups is 2. The van der Waals surface area contributed by atoms with Crippen molar-refractivity contribution in [3.8, 4) is 5.69 Å². The standard InChI is InChI=1S/C24H26N4O3/c1-17-22(18(2)28(26-17)21-9-4-3-5-10-21)23(29)24(30)25-20-8-6-7-19(15-20)16-27-11-13-31-14-12-27/h3-10,15H,11-14,16H2,1-2H3,(H,25,30). The second kappa shape index (κ2) is 9.24. The molecule has 1 aliphatic heterocycles. The van der Waals surface area contributed by atoms with Crippen LogP contribution in [-0.2, 0) is 16.1 Å². The van der Waals surface area contributed by atoms with Gasteiger partial charge in [-0.2, -0.15) is 5.10 Å². The van der Waals surface area contributed by atoms with Crippen molar-refractivity contribution in [2.45, 2.75) is 20.4 Å². The molecule has 0 radical (unpaired) electrons. The van der Waals surface area contributed by atoms with Gasteiger partial charge in [-0.15, -0.1) is 0 Å². The highest BCUT2D eigenvalue weighted by Crippen LogP contribution is 2.20. The van der Waals surface area contributed by atoms with Gasteiger partial charge < -0.3 is 10.1 Å². The molecule has 1 aliphatic rings. The number of amides is 1. The second-order valence-corrected chi connectivity index (χ2v) is 7.67. The Hall–Kier alpha value is -3.29. The summed E-state index contributed by atoms with van der Waals surface area (Å²) in [5, 5.41) is 7.22. The summed E-state index contributed by atoms with van der Waals surface area (Å²) >= 11 is 0. The van der Waals surface area contributed by atoms with E-state index in [2.05, 4.69) is 15.3 Å². The van der Waals surface area contributed by atoms with E-state index in [0.29, 0.717) is 22.6 Å². The predicted octanol–water partition coefficient (Wildman–Crippen LogP) is 3.14. The lowest BCUT2D eigenvalue weighted by Crippen LogP contribution is -2.35. The molecule has 0 spiro atoms. The number of aryl methyl sites for hydroxylation is 1. The number of ketones is 1. The summed E-state index contributed by atoms with van der Waals surface area (Å²) in [5.41, 5.74) is 4.04. The average molecular weight is 418 g/mol. The molecular weight excluding hydrogens is 392 g/mol. The molecule has 0 atom stereocenters. The van der Waals surface area contributed by atoms with Crippen LogP contribution in [0.2, 0.25) is 0 Å². The van der Waals surface area contributed by atoms with Crippen molar-refractivity contribution in [1.82, 2.24) is 14.7 Å². The number of rotatable bonds is 6. The number of Topliss-reactive ketones (excluding diaryl/α,β-unsaturated/α-hetero) is 1. The zero-order chi connectivity index (χ0) is 21.8. The molecule has 0 aliphatic carbocycles. The quantitative estimate of drug-likeness (QED) is 0.492. The van der Waals surface area contributed by atoms with Crippen molar-refractivity contribution < 1.29 is 14.3 Å². The second-order valence-electron chi connectivity index (χ2n) is 7.67. The van der Waals surface area contributed by atoms with E-state index in [1.54, 1.807) is 24.6 Å². The smallest absolute Gasteiger partial charge is 0.296 e. The summed E-state index contributed by atoms with van der Waals surface area (Å²) in [4.78, 5) is 28.0. The van der Waals surface area contributed by atoms with Gasteiger partial charge in [0.05, 0.1) is 35.9 Å². The van der Waals surface area contributed by atoms with Gasteiger partial charge in [-0.05, 0) is 43.7 Å². The molecule has 2 heterocycles. The van der Waals surface area contributed by atoms with Crippen molar-refractivity contribution in [2.75, 3.05) is 31.6 Å². The minimum atomic E-state index is -0.665. The molecule has 3 aromatic rings. The molecule has 7 nitrogen and oxygen atoms in total. The zero-order valence-corrected chi connectivity index (χ0v) is 17.8. The number of nitrogens with one attached hydrogen (secondary N) is 1. The fourth-order valence-corrected chi connectivity index (χ4v) is 3.86. The Morgan fingerprint density at radius 1 is 1.03 bits per heavy atom. The number of hydrogen-bond acceptors (Lipinski definition) is 5. The summed E-state index contributed by atoms with van der Waals surface area (Å²) in [6, 6.07) is 17.2. The Morgan fingerprint density at radius 2 is 1.77 bits per heavy atom. The normalized spacial score (nSPS) is 14.4. The Balaban J connectivity index is 1.49. The number of hydrogen-bond donors (Lipinski definition) is 1. The van der Waals surface area contributed by atoms with Gasteiger partial charge in [0.2, 0.25) is 0 Å². The fourth-order valence-electron chi connectivity index (χ4n) is 3.86. The number of nitrogens with zero attached hydrogens (tertiary/aromatic N) is 3. The van der Waals surface area contributed by atoms with Gasteiger partial charge in [0, 0.05) is 25.3 Å². The van der Waals surface area contributed by atoms with Crippen LogP contribution >= 0.6 is 0 Å². The van der Waals surface area contributed by atoms with Crippen molar-refractivity contribution in [3.63, 3.8) is 0 Å². The van der Waals surface area contributed by atoms with Crippen LogP contribution < -0.4 is 5.32 Å². The Bertz CT molecular complexity index is 1090.